The smallest absolute Gasteiger partial charge is 1.00 e. The van der Waals surface area contributed by atoms with E-state index in [2.05, 4.69) is 70.1 Å². The number of rotatable bonds is 7. The third kappa shape index (κ3) is 21.2. The van der Waals surface area contributed by atoms with Gasteiger partial charge in [-0.25, -0.2) is 27.5 Å². The van der Waals surface area contributed by atoms with E-state index in [4.69, 9.17) is 10.1 Å². The van der Waals surface area contributed by atoms with E-state index in [1.165, 1.54) is 32.0 Å². The summed E-state index contributed by atoms with van der Waals surface area (Å²) >= 11 is 8.56. The molecule has 5 aromatic rings. The molecule has 20 heteroatoms. The van der Waals surface area contributed by atoms with E-state index in [1.54, 1.807) is 58.4 Å². The normalized spacial score (nSPS) is 10.2. The van der Waals surface area contributed by atoms with Crippen LogP contribution in [0.25, 0.3) is 11.4 Å². The summed E-state index contributed by atoms with van der Waals surface area (Å²) in [5.41, 5.74) is 4.47. The van der Waals surface area contributed by atoms with Gasteiger partial charge >= 0.3 is 103 Å². The van der Waals surface area contributed by atoms with E-state index >= 15 is 0 Å². The molecule has 0 bridgehead atoms. The first-order valence-electron chi connectivity index (χ1n) is 15.8. The molecular weight excluding hydrogens is 1020 g/mol. The van der Waals surface area contributed by atoms with Crippen molar-refractivity contribution in [2.45, 2.75) is 41.0 Å². The van der Waals surface area contributed by atoms with Crippen molar-refractivity contribution in [1.29, 1.82) is 0 Å². The van der Waals surface area contributed by atoms with Crippen LogP contribution in [0.4, 0.5) is 17.6 Å². The molecule has 3 aromatic carbocycles. The fourth-order valence-electron chi connectivity index (χ4n) is 4.20. The second kappa shape index (κ2) is 32.1. The van der Waals surface area contributed by atoms with Gasteiger partial charge in [-0.2, -0.15) is 0 Å². The Morgan fingerprint density at radius 2 is 1.17 bits per heavy atom. The number of Topliss-reactive ketones (excluding diaryl/α,β-unsaturated/α-hetero) is 3. The van der Waals surface area contributed by atoms with E-state index in [1.807, 2.05) is 27.0 Å². The van der Waals surface area contributed by atoms with Crippen LogP contribution in [0.5, 0.6) is 0 Å². The zero-order valence-electron chi connectivity index (χ0n) is 33.5. The molecule has 0 unspecified atom stereocenters. The minimum Gasteiger partial charge on any atom is -1.00 e. The number of hydrogen-bond donors (Lipinski definition) is 0. The molecule has 0 atom stereocenters. The summed E-state index contributed by atoms with van der Waals surface area (Å²) in [6, 6.07) is 11.9. The van der Waals surface area contributed by atoms with E-state index in [-0.39, 0.29) is 139 Å². The number of halogens is 7. The van der Waals surface area contributed by atoms with Crippen LogP contribution in [0.3, 0.4) is 0 Å². The van der Waals surface area contributed by atoms with E-state index < -0.39 is 23.3 Å². The van der Waals surface area contributed by atoms with Crippen LogP contribution < -0.4 is 108 Å². The van der Waals surface area contributed by atoms with Gasteiger partial charge in [-0.05, 0) is 89.2 Å². The molecule has 58 heavy (non-hydrogen) atoms. The Bertz CT molecular complexity index is 2160. The topological polar surface area (TPSA) is 149 Å². The summed E-state index contributed by atoms with van der Waals surface area (Å²) in [6.45, 7) is 8.20. The van der Waals surface area contributed by atoms with Crippen molar-refractivity contribution in [3.05, 3.63) is 143 Å². The molecular formula is C38H36Br3F4K2N5O6. The maximum atomic E-state index is 13.8. The van der Waals surface area contributed by atoms with Gasteiger partial charge in [-0.1, -0.05) is 22.0 Å². The number of carbonyl (C=O) groups excluding carboxylic acids is 4. The third-order valence-corrected chi connectivity index (χ3v) is 7.41. The number of aryl methyl sites for hydroxylation is 2. The number of aromatic nitrogens is 4. The van der Waals surface area contributed by atoms with Crippen LogP contribution in [-0.4, -0.2) is 54.5 Å². The van der Waals surface area contributed by atoms with Gasteiger partial charge < -0.3 is 20.7 Å². The predicted molar refractivity (Wildman–Crippen MR) is 214 cm³/mol. The molecule has 1 aliphatic heterocycles. The predicted octanol–water partition coefficient (Wildman–Crippen LogP) is 3.20. The van der Waals surface area contributed by atoms with Crippen LogP contribution in [0.15, 0.2) is 96.4 Å². The number of nitrogens with zero attached hydrogens (tertiary/aromatic N) is 5. The van der Waals surface area contributed by atoms with Crippen molar-refractivity contribution in [1.82, 2.24) is 19.1 Å². The molecule has 0 saturated carbocycles. The van der Waals surface area contributed by atoms with Gasteiger partial charge in [0.1, 0.15) is 11.6 Å². The average molecular weight is 1050 g/mol. The minimum absolute atomic E-state index is 0. The first-order chi connectivity index (χ1) is 26.6. The Hall–Kier alpha value is -1.64. The van der Waals surface area contributed by atoms with Gasteiger partial charge in [-0.3, -0.25) is 24.2 Å². The number of ketones is 3. The molecule has 11 nitrogen and oxygen atoms in total. The number of benzene rings is 3. The van der Waals surface area contributed by atoms with Crippen molar-refractivity contribution in [3.63, 3.8) is 0 Å². The van der Waals surface area contributed by atoms with Crippen LogP contribution >= 0.6 is 44.2 Å². The summed E-state index contributed by atoms with van der Waals surface area (Å²) in [6.07, 6.45) is 11.6. The zero-order valence-corrected chi connectivity index (χ0v) is 43.5. The molecule has 6 rings (SSSR count). The SMILES string of the molecule is BrBr.CC(=O)c1ccc(-n2cnc(C)c2)c(F)c1.CC(=O)c1ccc(F)c(F)c1.CC1=CCC=N1.Cc1cn(-c2ccc(C(=O)CBr)cc2F)cn1.O=CO[O-].[H-].[K+].[K+]. The molecule has 0 fully saturated rings. The minimum atomic E-state index is -0.988. The maximum Gasteiger partial charge on any atom is 1.00 e. The second-order valence-corrected chi connectivity index (χ2v) is 11.6. The van der Waals surface area contributed by atoms with Gasteiger partial charge in [0.2, 0.25) is 0 Å². The average Bonchev–Trinajstić information content (AvgIpc) is 3.96. The number of hydrogen-bond acceptors (Lipinski definition) is 9. The summed E-state index contributed by atoms with van der Waals surface area (Å²) < 4.78 is 55.4. The van der Waals surface area contributed by atoms with Gasteiger partial charge in [0.25, 0.3) is 6.47 Å². The van der Waals surface area contributed by atoms with Gasteiger partial charge in [-0.15, -0.1) is 0 Å². The number of carbonyl (C=O) groups is 4. The number of aliphatic imine (C=N–C) groups is 1. The number of imidazole rings is 2. The first kappa shape index (κ1) is 58.5. The number of alkyl halides is 1. The van der Waals surface area contributed by atoms with E-state index in [0.29, 0.717) is 22.5 Å². The van der Waals surface area contributed by atoms with Crippen molar-refractivity contribution >= 4 is 74.2 Å². The van der Waals surface area contributed by atoms with Crippen LogP contribution in [0, 0.1) is 37.1 Å². The molecule has 300 valence electrons. The van der Waals surface area contributed by atoms with Gasteiger partial charge in [0.15, 0.2) is 29.0 Å². The summed E-state index contributed by atoms with van der Waals surface area (Å²) in [5.74, 6) is -3.35. The first-order valence-corrected chi connectivity index (χ1v) is 20.7. The van der Waals surface area contributed by atoms with Gasteiger partial charge in [0.05, 0.1) is 40.7 Å². The van der Waals surface area contributed by atoms with Crippen molar-refractivity contribution < 1.29 is 151 Å². The van der Waals surface area contributed by atoms with E-state index in [0.717, 1.165) is 35.6 Å². The third-order valence-electron chi connectivity index (χ3n) is 6.90. The zero-order chi connectivity index (χ0) is 42.4. The molecule has 1 aliphatic rings. The standard InChI is InChI=1S/C12H10BrFN2O.C12H11FN2O.C8H6F2O.C5H7N.CH2O3.Br2.2K.H/c1-8-6-16(7-15-8)11-3-2-9(4-10(11)14)12(17)5-13;1-8-6-15(7-14-8)12-4-3-10(9(2)16)5-11(12)13;1-5(11)6-2-3-7(9)8(10)4-6;1-5-3-2-4-6-5;2-1-4-3;1-2;;;/h2-4,6-7H,5H2,1H3;3-7H,1-2H3;2-4H,1H3;3-4H,2H2,1H3;1,3H;;;;/q;;;;;;2*+1;-1/p-1. The molecule has 3 heterocycles. The molecule has 2 aromatic heterocycles. The molecule has 0 N–H and O–H groups in total. The molecule has 0 aliphatic carbocycles. The molecule has 0 saturated heterocycles. The summed E-state index contributed by atoms with van der Waals surface area (Å²) in [5, 5.41) is 8.62. The molecule has 0 spiro atoms. The van der Waals surface area contributed by atoms with Gasteiger partial charge in [0, 0.05) is 75.7 Å². The van der Waals surface area contributed by atoms with E-state index in [9.17, 15) is 31.9 Å². The number of allylic oxidation sites excluding steroid dienone is 2. The Kier molecular flexibility index (Phi) is 32.4. The van der Waals surface area contributed by atoms with Crippen LogP contribution in [0.1, 0.15) is 71.1 Å². The Morgan fingerprint density at radius 3 is 1.47 bits per heavy atom. The maximum absolute atomic E-state index is 13.8. The van der Waals surface area contributed by atoms with Crippen LogP contribution in [-0.2, 0) is 9.68 Å². The summed E-state index contributed by atoms with van der Waals surface area (Å²) in [4.78, 5) is 56.3. The van der Waals surface area contributed by atoms with Crippen molar-refractivity contribution in [2.75, 3.05) is 5.33 Å². The Morgan fingerprint density at radius 1 is 0.759 bits per heavy atom. The molecule has 0 amide bonds. The Balaban J connectivity index is -0.000000693. The monoisotopic (exact) mass is 1050 g/mol. The quantitative estimate of drug-likeness (QED) is 0.0460. The Labute approximate surface area is 443 Å². The van der Waals surface area contributed by atoms with Crippen molar-refractivity contribution in [2.24, 2.45) is 4.99 Å². The molecule has 0 radical (unpaired) electrons. The fraction of sp³-hybridized carbons (Fsp3) is 0.184. The van der Waals surface area contributed by atoms with Crippen molar-refractivity contribution in [3.8, 4) is 11.4 Å². The summed E-state index contributed by atoms with van der Waals surface area (Å²) in [7, 11) is 0. The largest absolute Gasteiger partial charge is 1.00 e. The van der Waals surface area contributed by atoms with Crippen LogP contribution in [0.2, 0.25) is 0 Å². The fourth-order valence-corrected chi connectivity index (χ4v) is 4.52. The second-order valence-electron chi connectivity index (χ2n) is 11.1.